The molecule has 0 aliphatic rings. The second-order valence-electron chi connectivity index (χ2n) is 6.46. The van der Waals surface area contributed by atoms with Crippen LogP contribution in [-0.2, 0) is 13.2 Å². The van der Waals surface area contributed by atoms with E-state index in [4.69, 9.17) is 4.42 Å². The number of para-hydroxylation sites is 1. The molecule has 8 heteroatoms. The van der Waals surface area contributed by atoms with Gasteiger partial charge in [0.2, 0.25) is 5.89 Å². The Hall–Kier alpha value is -3.52. The summed E-state index contributed by atoms with van der Waals surface area (Å²) in [4.78, 5) is 14.0. The molecule has 0 saturated carbocycles. The summed E-state index contributed by atoms with van der Waals surface area (Å²) in [6, 6.07) is 15.5. The van der Waals surface area contributed by atoms with Gasteiger partial charge in [-0.2, -0.15) is 9.78 Å². The first-order chi connectivity index (χ1) is 13.6. The lowest BCUT2D eigenvalue weighted by molar-refractivity contribution is 0.237. The molecule has 0 spiro atoms. The maximum atomic E-state index is 13.0. The Bertz CT molecular complexity index is 1120. The van der Waals surface area contributed by atoms with Crippen molar-refractivity contribution in [1.82, 2.24) is 24.5 Å². The summed E-state index contributed by atoms with van der Waals surface area (Å²) in [5.41, 5.74) is 2.53. The molecule has 7 nitrogen and oxygen atoms in total. The molecule has 0 bridgehead atoms. The number of hydrogen-bond donors (Lipinski definition) is 0. The molecule has 2 aromatic carbocycles. The lowest BCUT2D eigenvalue weighted by atomic mass is 10.2. The Balaban J connectivity index is 1.44. The van der Waals surface area contributed by atoms with Crippen LogP contribution in [0.4, 0.5) is 4.39 Å². The van der Waals surface area contributed by atoms with Crippen LogP contribution in [0.2, 0.25) is 0 Å². The van der Waals surface area contributed by atoms with E-state index in [0.29, 0.717) is 12.1 Å². The molecule has 0 saturated heterocycles. The van der Waals surface area contributed by atoms with Crippen LogP contribution < -0.4 is 5.76 Å². The summed E-state index contributed by atoms with van der Waals surface area (Å²) in [7, 11) is 1.87. The highest BCUT2D eigenvalue weighted by Crippen LogP contribution is 2.16. The molecule has 0 radical (unpaired) electrons. The van der Waals surface area contributed by atoms with Crippen molar-refractivity contribution in [2.45, 2.75) is 13.2 Å². The zero-order valence-electron chi connectivity index (χ0n) is 15.2. The fourth-order valence-corrected chi connectivity index (χ4v) is 2.86. The van der Waals surface area contributed by atoms with Crippen molar-refractivity contribution in [3.05, 3.63) is 88.9 Å². The smallest absolute Gasteiger partial charge is 0.388 e. The van der Waals surface area contributed by atoms with E-state index in [9.17, 15) is 9.18 Å². The van der Waals surface area contributed by atoms with Gasteiger partial charge in [0.1, 0.15) is 12.5 Å². The van der Waals surface area contributed by atoms with Gasteiger partial charge in [-0.1, -0.05) is 18.2 Å². The van der Waals surface area contributed by atoms with Gasteiger partial charge in [-0.15, -0.1) is 5.10 Å². The first-order valence-corrected chi connectivity index (χ1v) is 8.70. The van der Waals surface area contributed by atoms with E-state index in [1.807, 2.05) is 48.5 Å². The van der Waals surface area contributed by atoms with Crippen molar-refractivity contribution in [1.29, 1.82) is 0 Å². The number of aromatic nitrogens is 4. The quantitative estimate of drug-likeness (QED) is 0.515. The molecule has 0 fully saturated rings. The molecule has 4 aromatic rings. The molecule has 0 amide bonds. The van der Waals surface area contributed by atoms with Gasteiger partial charge in [0.05, 0.1) is 11.9 Å². The molecule has 28 heavy (non-hydrogen) atoms. The maximum Gasteiger partial charge on any atom is 0.438 e. The number of benzene rings is 2. The fraction of sp³-hybridized carbons (Fsp3) is 0.150. The van der Waals surface area contributed by atoms with E-state index >= 15 is 0 Å². The monoisotopic (exact) mass is 379 g/mol. The van der Waals surface area contributed by atoms with E-state index in [1.165, 1.54) is 28.9 Å². The molecule has 0 atom stereocenters. The number of halogens is 1. The first kappa shape index (κ1) is 17.9. The van der Waals surface area contributed by atoms with Crippen molar-refractivity contribution >= 4 is 0 Å². The molecular formula is C20H18FN5O2. The van der Waals surface area contributed by atoms with E-state index in [1.54, 1.807) is 10.9 Å². The van der Waals surface area contributed by atoms with E-state index < -0.39 is 5.76 Å². The highest BCUT2D eigenvalue weighted by molar-refractivity contribution is 5.51. The molecular weight excluding hydrogens is 361 g/mol. The van der Waals surface area contributed by atoms with Crippen molar-refractivity contribution in [2.75, 3.05) is 7.05 Å². The van der Waals surface area contributed by atoms with Gasteiger partial charge in [0.25, 0.3) is 0 Å². The van der Waals surface area contributed by atoms with E-state index in [-0.39, 0.29) is 18.4 Å². The van der Waals surface area contributed by atoms with Crippen molar-refractivity contribution < 1.29 is 8.81 Å². The molecule has 0 unspecified atom stereocenters. The molecule has 0 aliphatic heterocycles. The van der Waals surface area contributed by atoms with Crippen LogP contribution in [0, 0.1) is 5.82 Å². The number of hydrogen-bond acceptors (Lipinski definition) is 5. The fourth-order valence-electron chi connectivity index (χ4n) is 2.86. The van der Waals surface area contributed by atoms with E-state index in [2.05, 4.69) is 10.2 Å². The van der Waals surface area contributed by atoms with Gasteiger partial charge in [-0.3, -0.25) is 4.90 Å². The average molecular weight is 379 g/mol. The molecule has 4 rings (SSSR count). The van der Waals surface area contributed by atoms with Crippen LogP contribution in [0.5, 0.6) is 0 Å². The van der Waals surface area contributed by atoms with Crippen LogP contribution in [0.3, 0.4) is 0 Å². The summed E-state index contributed by atoms with van der Waals surface area (Å²) < 4.78 is 21.3. The second-order valence-corrected chi connectivity index (χ2v) is 6.46. The largest absolute Gasteiger partial charge is 0.438 e. The van der Waals surface area contributed by atoms with Crippen LogP contribution >= 0.6 is 0 Å². The van der Waals surface area contributed by atoms with Crippen LogP contribution in [0.15, 0.2) is 76.2 Å². The van der Waals surface area contributed by atoms with Gasteiger partial charge in [-0.05, 0) is 43.4 Å². The average Bonchev–Trinajstić information content (AvgIpc) is 3.30. The summed E-state index contributed by atoms with van der Waals surface area (Å²) in [6.07, 6.45) is 3.74. The van der Waals surface area contributed by atoms with Crippen molar-refractivity contribution in [2.24, 2.45) is 0 Å². The first-order valence-electron chi connectivity index (χ1n) is 8.70. The highest BCUT2D eigenvalue weighted by Gasteiger charge is 2.13. The molecule has 0 aliphatic carbocycles. The minimum atomic E-state index is -0.564. The Morgan fingerprint density at radius 3 is 2.61 bits per heavy atom. The minimum Gasteiger partial charge on any atom is -0.388 e. The Morgan fingerprint density at radius 1 is 1.11 bits per heavy atom. The minimum absolute atomic E-state index is 0.162. The Morgan fingerprint density at radius 2 is 1.86 bits per heavy atom. The molecule has 2 heterocycles. The van der Waals surface area contributed by atoms with E-state index in [0.717, 1.165) is 11.3 Å². The molecule has 0 N–H and O–H groups in total. The van der Waals surface area contributed by atoms with Gasteiger partial charge >= 0.3 is 5.76 Å². The maximum absolute atomic E-state index is 13.0. The molecule has 142 valence electrons. The summed E-state index contributed by atoms with van der Waals surface area (Å²) in [6.45, 7) is 0.831. The third-order valence-electron chi connectivity index (χ3n) is 4.18. The third-order valence-corrected chi connectivity index (χ3v) is 4.18. The lowest BCUT2D eigenvalue weighted by Crippen LogP contribution is -2.28. The van der Waals surface area contributed by atoms with Crippen molar-refractivity contribution in [3.8, 4) is 17.1 Å². The highest BCUT2D eigenvalue weighted by atomic mass is 19.1. The number of nitrogens with zero attached hydrogens (tertiary/aromatic N) is 5. The SMILES string of the molecule is CN(Cc1cnn(-c2ccccc2)c1)Cn1nc(-c2ccc(F)cc2)oc1=O. The molecule has 2 aromatic heterocycles. The van der Waals surface area contributed by atoms with Gasteiger partial charge < -0.3 is 4.42 Å². The summed E-state index contributed by atoms with van der Waals surface area (Å²) in [5, 5.41) is 8.57. The predicted octanol–water partition coefficient (Wildman–Crippen LogP) is 2.92. The Kier molecular flexibility index (Phi) is 4.86. The van der Waals surface area contributed by atoms with Gasteiger partial charge in [0, 0.05) is 23.9 Å². The van der Waals surface area contributed by atoms with Gasteiger partial charge in [0.15, 0.2) is 0 Å². The van der Waals surface area contributed by atoms with Crippen LogP contribution in [0.1, 0.15) is 5.56 Å². The normalized spacial score (nSPS) is 11.2. The zero-order valence-corrected chi connectivity index (χ0v) is 15.2. The number of rotatable bonds is 6. The van der Waals surface area contributed by atoms with Crippen molar-refractivity contribution in [3.63, 3.8) is 0 Å². The summed E-state index contributed by atoms with van der Waals surface area (Å²) in [5.74, 6) is -0.761. The standard InChI is InChI=1S/C20H18FN5O2/c1-24(12-15-11-22-25(13-15)18-5-3-2-4-6-18)14-26-20(27)28-19(23-26)16-7-9-17(21)10-8-16/h2-11,13H,12,14H2,1H3. The summed E-state index contributed by atoms with van der Waals surface area (Å²) >= 11 is 0. The second kappa shape index (κ2) is 7.61. The topological polar surface area (TPSA) is 69.1 Å². The van der Waals surface area contributed by atoms with Crippen LogP contribution in [0.25, 0.3) is 17.1 Å². The zero-order chi connectivity index (χ0) is 19.5. The third kappa shape index (κ3) is 3.91. The Labute approximate surface area is 160 Å². The lowest BCUT2D eigenvalue weighted by Gasteiger charge is -2.13. The van der Waals surface area contributed by atoms with Crippen LogP contribution in [-0.4, -0.2) is 31.5 Å². The van der Waals surface area contributed by atoms with Gasteiger partial charge in [-0.25, -0.2) is 13.9 Å². The predicted molar refractivity (Wildman–Crippen MR) is 101 cm³/mol.